The van der Waals surface area contributed by atoms with Gasteiger partial charge in [0.15, 0.2) is 29.6 Å². The fraction of sp³-hybridized carbons (Fsp3) is 0.300. The summed E-state index contributed by atoms with van der Waals surface area (Å²) in [6.45, 7) is 0.316. The van der Waals surface area contributed by atoms with Gasteiger partial charge in [0.1, 0.15) is 0 Å². The van der Waals surface area contributed by atoms with Gasteiger partial charge in [0.25, 0.3) is 5.91 Å². The highest BCUT2D eigenvalue weighted by Gasteiger charge is 2.09. The number of carbonyl (C=O) groups excluding carboxylic acids is 1. The number of nitrogens with zero attached hydrogens (tertiary/aromatic N) is 1. The van der Waals surface area contributed by atoms with Crippen LogP contribution in [0.5, 0.6) is 23.0 Å². The number of methoxy groups -OCH3 is 3. The molecule has 0 bridgehead atoms. The van der Waals surface area contributed by atoms with Crippen molar-refractivity contribution < 1.29 is 23.7 Å². The minimum absolute atomic E-state index is 0.145. The average molecular weight is 370 g/mol. The molecule has 0 radical (unpaired) electrons. The van der Waals surface area contributed by atoms with Crippen LogP contribution >= 0.6 is 0 Å². The van der Waals surface area contributed by atoms with E-state index in [1.807, 2.05) is 24.3 Å². The molecule has 0 unspecified atom stereocenters. The van der Waals surface area contributed by atoms with Crippen LogP contribution in [-0.4, -0.2) is 40.4 Å². The Hall–Kier alpha value is -3.40. The van der Waals surface area contributed by atoms with Crippen molar-refractivity contribution >= 4 is 5.91 Å². The van der Waals surface area contributed by atoms with Crippen molar-refractivity contribution in [2.45, 2.75) is 6.42 Å². The number of nitrogens with one attached hydrogen (secondary N) is 1. The van der Waals surface area contributed by atoms with E-state index in [4.69, 9.17) is 24.2 Å². The zero-order valence-corrected chi connectivity index (χ0v) is 15.6. The number of amides is 1. The summed E-state index contributed by atoms with van der Waals surface area (Å²) in [5.74, 6) is 1.88. The van der Waals surface area contributed by atoms with Crippen LogP contribution in [0.1, 0.15) is 11.1 Å². The first-order chi connectivity index (χ1) is 13.1. The predicted octanol–water partition coefficient (Wildman–Crippen LogP) is 2.32. The first kappa shape index (κ1) is 19.9. The SMILES string of the molecule is COc1ccc(CCNC(=O)COc2ccc(C#N)cc2OC)cc1OC. The third-order valence-electron chi connectivity index (χ3n) is 3.84. The van der Waals surface area contributed by atoms with Crippen LogP contribution in [0.2, 0.25) is 0 Å². The molecule has 0 fully saturated rings. The fourth-order valence-corrected chi connectivity index (χ4v) is 2.43. The molecule has 0 saturated heterocycles. The molecule has 2 aromatic carbocycles. The molecule has 2 aromatic rings. The maximum atomic E-state index is 12.0. The molecule has 1 amide bonds. The molecule has 0 aliphatic heterocycles. The summed E-state index contributed by atoms with van der Waals surface area (Å²) >= 11 is 0. The highest BCUT2D eigenvalue weighted by molar-refractivity contribution is 5.77. The molecule has 0 spiro atoms. The zero-order valence-electron chi connectivity index (χ0n) is 15.6. The van der Waals surface area contributed by atoms with Crippen LogP contribution in [-0.2, 0) is 11.2 Å². The number of hydrogen-bond donors (Lipinski definition) is 1. The summed E-state index contributed by atoms with van der Waals surface area (Å²) < 4.78 is 21.1. The Morgan fingerprint density at radius 3 is 2.30 bits per heavy atom. The van der Waals surface area contributed by atoms with Gasteiger partial charge in [-0.15, -0.1) is 0 Å². The summed E-state index contributed by atoms with van der Waals surface area (Å²) in [5.41, 5.74) is 1.47. The van der Waals surface area contributed by atoms with Gasteiger partial charge in [-0.25, -0.2) is 0 Å². The molecule has 2 rings (SSSR count). The van der Waals surface area contributed by atoms with Gasteiger partial charge in [-0.05, 0) is 36.2 Å². The Kier molecular flexibility index (Phi) is 7.32. The molecule has 7 nitrogen and oxygen atoms in total. The second-order valence-electron chi connectivity index (χ2n) is 5.56. The van der Waals surface area contributed by atoms with Gasteiger partial charge in [0, 0.05) is 12.6 Å². The van der Waals surface area contributed by atoms with E-state index in [1.54, 1.807) is 32.4 Å². The Morgan fingerprint density at radius 2 is 1.63 bits per heavy atom. The Morgan fingerprint density at radius 1 is 0.963 bits per heavy atom. The van der Waals surface area contributed by atoms with Crippen LogP contribution in [0.4, 0.5) is 0 Å². The molecule has 0 saturated carbocycles. The standard InChI is InChI=1S/C20H22N2O5/c1-24-16-6-4-14(10-18(16)25-2)8-9-22-20(23)13-27-17-7-5-15(12-21)11-19(17)26-3/h4-7,10-11H,8-9,13H2,1-3H3,(H,22,23). The van der Waals surface area contributed by atoms with Crippen LogP contribution in [0.3, 0.4) is 0 Å². The lowest BCUT2D eigenvalue weighted by Gasteiger charge is -2.12. The van der Waals surface area contributed by atoms with E-state index in [1.165, 1.54) is 7.11 Å². The van der Waals surface area contributed by atoms with Crippen molar-refractivity contribution in [2.24, 2.45) is 0 Å². The first-order valence-electron chi connectivity index (χ1n) is 8.29. The van der Waals surface area contributed by atoms with Crippen molar-refractivity contribution in [3.05, 3.63) is 47.5 Å². The molecule has 7 heteroatoms. The molecule has 1 N–H and O–H groups in total. The van der Waals surface area contributed by atoms with Crippen molar-refractivity contribution in [1.82, 2.24) is 5.32 Å². The topological polar surface area (TPSA) is 89.8 Å². The summed E-state index contributed by atoms with van der Waals surface area (Å²) in [6, 6.07) is 12.4. The summed E-state index contributed by atoms with van der Waals surface area (Å²) in [7, 11) is 4.64. The largest absolute Gasteiger partial charge is 0.493 e. The third kappa shape index (κ3) is 5.54. The van der Waals surface area contributed by atoms with E-state index in [2.05, 4.69) is 5.32 Å². The third-order valence-corrected chi connectivity index (χ3v) is 3.84. The average Bonchev–Trinajstić information content (AvgIpc) is 2.71. The van der Waals surface area contributed by atoms with Gasteiger partial charge in [-0.1, -0.05) is 6.07 Å². The summed E-state index contributed by atoms with van der Waals surface area (Å²) in [6.07, 6.45) is 0.645. The number of benzene rings is 2. The van der Waals surface area contributed by atoms with Crippen molar-refractivity contribution in [1.29, 1.82) is 5.26 Å². The Bertz CT molecular complexity index is 830. The van der Waals surface area contributed by atoms with Gasteiger partial charge in [-0.3, -0.25) is 4.79 Å². The van der Waals surface area contributed by atoms with Crippen molar-refractivity contribution in [3.8, 4) is 29.1 Å². The van der Waals surface area contributed by atoms with Crippen LogP contribution in [0, 0.1) is 11.3 Å². The first-order valence-corrected chi connectivity index (χ1v) is 8.29. The fourth-order valence-electron chi connectivity index (χ4n) is 2.43. The molecule has 0 aliphatic rings. The van der Waals surface area contributed by atoms with Gasteiger partial charge in [0.2, 0.25) is 0 Å². The molecule has 142 valence electrons. The van der Waals surface area contributed by atoms with E-state index in [0.29, 0.717) is 41.5 Å². The van der Waals surface area contributed by atoms with E-state index in [0.717, 1.165) is 5.56 Å². The number of hydrogen-bond acceptors (Lipinski definition) is 6. The highest BCUT2D eigenvalue weighted by atomic mass is 16.5. The smallest absolute Gasteiger partial charge is 0.257 e. The Balaban J connectivity index is 1.83. The van der Waals surface area contributed by atoms with Gasteiger partial charge in [-0.2, -0.15) is 5.26 Å². The summed E-state index contributed by atoms with van der Waals surface area (Å²) in [5, 5.41) is 11.7. The van der Waals surface area contributed by atoms with E-state index in [9.17, 15) is 4.79 Å². The molecular formula is C20H22N2O5. The molecule has 0 aromatic heterocycles. The quantitative estimate of drug-likeness (QED) is 0.729. The predicted molar refractivity (Wildman–Crippen MR) is 99.5 cm³/mol. The molecule has 0 heterocycles. The van der Waals surface area contributed by atoms with E-state index >= 15 is 0 Å². The molecule has 0 atom stereocenters. The molecule has 0 aliphatic carbocycles. The minimum Gasteiger partial charge on any atom is -0.493 e. The maximum absolute atomic E-state index is 12.0. The van der Waals surface area contributed by atoms with Gasteiger partial charge < -0.3 is 24.3 Å². The summed E-state index contributed by atoms with van der Waals surface area (Å²) in [4.78, 5) is 12.0. The van der Waals surface area contributed by atoms with Crippen LogP contribution in [0.25, 0.3) is 0 Å². The monoisotopic (exact) mass is 370 g/mol. The number of nitriles is 1. The van der Waals surface area contributed by atoms with Crippen LogP contribution in [0.15, 0.2) is 36.4 Å². The second-order valence-corrected chi connectivity index (χ2v) is 5.56. The minimum atomic E-state index is -0.248. The van der Waals surface area contributed by atoms with E-state index in [-0.39, 0.29) is 12.5 Å². The second kappa shape index (κ2) is 9.92. The van der Waals surface area contributed by atoms with Crippen molar-refractivity contribution in [2.75, 3.05) is 34.5 Å². The van der Waals surface area contributed by atoms with Gasteiger partial charge in [0.05, 0.1) is 33.0 Å². The van der Waals surface area contributed by atoms with Crippen LogP contribution < -0.4 is 24.3 Å². The number of rotatable bonds is 9. The Labute approximate surface area is 158 Å². The van der Waals surface area contributed by atoms with Crippen molar-refractivity contribution in [3.63, 3.8) is 0 Å². The normalized spacial score (nSPS) is 9.85. The highest BCUT2D eigenvalue weighted by Crippen LogP contribution is 2.28. The molecule has 27 heavy (non-hydrogen) atoms. The number of ether oxygens (including phenoxy) is 4. The zero-order chi connectivity index (χ0) is 19.6. The lowest BCUT2D eigenvalue weighted by Crippen LogP contribution is -2.30. The lowest BCUT2D eigenvalue weighted by molar-refractivity contribution is -0.123. The maximum Gasteiger partial charge on any atom is 0.257 e. The lowest BCUT2D eigenvalue weighted by atomic mass is 10.1. The van der Waals surface area contributed by atoms with E-state index < -0.39 is 0 Å². The molecular weight excluding hydrogens is 348 g/mol. The van der Waals surface area contributed by atoms with Gasteiger partial charge >= 0.3 is 0 Å². The number of carbonyl (C=O) groups is 1.